The first-order chi connectivity index (χ1) is 13.3. The van der Waals surface area contributed by atoms with Crippen LogP contribution in [0.25, 0.3) is 0 Å². The fourth-order valence-electron chi connectivity index (χ4n) is 3.68. The number of aromatic nitrogens is 1. The van der Waals surface area contributed by atoms with Crippen molar-refractivity contribution >= 4 is 34.3 Å². The summed E-state index contributed by atoms with van der Waals surface area (Å²) in [6.45, 7) is 3.17. The number of rotatable bonds is 3. The molecule has 2 aromatic heterocycles. The van der Waals surface area contributed by atoms with Gasteiger partial charge in [-0.05, 0) is 52.4 Å². The van der Waals surface area contributed by atoms with Gasteiger partial charge in [-0.3, -0.25) is 14.9 Å². The van der Waals surface area contributed by atoms with E-state index in [0.29, 0.717) is 9.09 Å². The van der Waals surface area contributed by atoms with Crippen molar-refractivity contribution in [3.8, 4) is 0 Å². The fourth-order valence-corrected chi connectivity index (χ4v) is 5.88. The number of nitrogens with two attached hydrogens (primary N) is 2. The highest BCUT2D eigenvalue weighted by atomic mass is 32.2. The lowest BCUT2D eigenvalue weighted by Gasteiger charge is -2.14. The lowest BCUT2D eigenvalue weighted by Crippen LogP contribution is -2.14. The van der Waals surface area contributed by atoms with Crippen LogP contribution in [0.3, 0.4) is 0 Å². The van der Waals surface area contributed by atoms with Crippen LogP contribution in [0.1, 0.15) is 54.1 Å². The third-order valence-corrected chi connectivity index (χ3v) is 7.72. The van der Waals surface area contributed by atoms with Gasteiger partial charge in [-0.2, -0.15) is 0 Å². The van der Waals surface area contributed by atoms with Gasteiger partial charge in [-0.15, -0.1) is 11.3 Å². The van der Waals surface area contributed by atoms with Crippen molar-refractivity contribution in [3.63, 3.8) is 0 Å². The molecule has 2 aromatic rings. The molecule has 2 heterocycles. The number of pyridine rings is 1. The Labute approximate surface area is 170 Å². The highest BCUT2D eigenvalue weighted by Crippen LogP contribution is 2.40. The molecule has 9 heteroatoms. The Balaban J connectivity index is 0.000000706. The van der Waals surface area contributed by atoms with E-state index in [9.17, 15) is 9.50 Å². The van der Waals surface area contributed by atoms with E-state index in [1.807, 2.05) is 0 Å². The predicted octanol–water partition coefficient (Wildman–Crippen LogP) is 2.95. The minimum absolute atomic E-state index is 0.250. The van der Waals surface area contributed by atoms with E-state index in [4.69, 9.17) is 19.3 Å². The van der Waals surface area contributed by atoms with Crippen LogP contribution in [0.4, 0.5) is 10.1 Å². The molecule has 152 valence electrons. The zero-order chi connectivity index (χ0) is 20.5. The number of aryl methyl sites for hydroxylation is 2. The smallest absolute Gasteiger partial charge is 0.204 e. The van der Waals surface area contributed by atoms with Crippen molar-refractivity contribution < 1.29 is 14.3 Å². The number of hydrogen-bond acceptors (Lipinski definition) is 5. The van der Waals surface area contributed by atoms with Crippen LogP contribution in [-0.4, -0.2) is 16.5 Å². The number of hydrogen-bond donors (Lipinski definition) is 3. The molecule has 0 spiro atoms. The molecule has 0 saturated heterocycles. The molecule has 0 bridgehead atoms. The summed E-state index contributed by atoms with van der Waals surface area (Å²) < 4.78 is 19.7. The molecule has 0 fully saturated rings. The van der Waals surface area contributed by atoms with Crippen molar-refractivity contribution in [2.45, 2.75) is 62.2 Å². The van der Waals surface area contributed by atoms with Gasteiger partial charge in [0, 0.05) is 39.5 Å². The van der Waals surface area contributed by atoms with Crippen molar-refractivity contribution in [1.82, 2.24) is 4.98 Å². The maximum absolute atomic E-state index is 14.2. The Hall–Kier alpha value is -1.68. The van der Waals surface area contributed by atoms with Gasteiger partial charge in [0.2, 0.25) is 6.41 Å². The Morgan fingerprint density at radius 1 is 1.25 bits per heavy atom. The van der Waals surface area contributed by atoms with Crippen LogP contribution >= 0.6 is 11.3 Å². The van der Waals surface area contributed by atoms with Gasteiger partial charge in [0.1, 0.15) is 5.82 Å². The zero-order valence-corrected chi connectivity index (χ0v) is 17.6. The Morgan fingerprint density at radius 3 is 2.25 bits per heavy atom. The summed E-state index contributed by atoms with van der Waals surface area (Å²) in [6.07, 6.45) is 6.50. The number of fused-ring (bicyclic) bond motifs is 2. The van der Waals surface area contributed by atoms with E-state index >= 15 is 0 Å². The number of thiophene rings is 1. The van der Waals surface area contributed by atoms with E-state index in [0.717, 1.165) is 44.2 Å². The van der Waals surface area contributed by atoms with Crippen LogP contribution in [0.15, 0.2) is 14.6 Å². The van der Waals surface area contributed by atoms with E-state index < -0.39 is 22.3 Å². The molecular weight excluding hydrogens is 399 g/mol. The molecule has 2 aliphatic carbocycles. The number of carbonyl (C=O) groups is 1. The van der Waals surface area contributed by atoms with E-state index in [-0.39, 0.29) is 6.41 Å². The standard InChI is InChI=1S/C18H22FN3OS2.CH3NO/c1-18(2,23)17-12(19)9-15(24-17)25(20)22-16-10-5-3-7-13(10)21-14-8-4-6-11(14)16;2-1-3/h9,23H,3-8H2,1-2H3,(H2,20,21,22);1H,(H2,2,3). The summed E-state index contributed by atoms with van der Waals surface area (Å²) >= 11 is 1.21. The van der Waals surface area contributed by atoms with Crippen LogP contribution in [-0.2, 0) is 47.0 Å². The molecule has 0 saturated carbocycles. The molecule has 2 aliphatic rings. The number of nitrogens with zero attached hydrogens (tertiary/aromatic N) is 2. The molecular formula is C19H25FN4O2S2. The molecule has 0 radical (unpaired) electrons. The Morgan fingerprint density at radius 2 is 1.79 bits per heavy atom. The first-order valence-corrected chi connectivity index (χ1v) is 11.2. The van der Waals surface area contributed by atoms with Gasteiger partial charge >= 0.3 is 0 Å². The quantitative estimate of drug-likeness (QED) is 0.657. The molecule has 1 amide bonds. The van der Waals surface area contributed by atoms with Crippen molar-refractivity contribution in [1.29, 1.82) is 0 Å². The minimum Gasteiger partial charge on any atom is -0.385 e. The van der Waals surface area contributed by atoms with Crippen LogP contribution < -0.4 is 10.9 Å². The lowest BCUT2D eigenvalue weighted by atomic mass is 10.1. The largest absolute Gasteiger partial charge is 0.385 e. The number of amides is 1. The molecule has 6 nitrogen and oxygen atoms in total. The van der Waals surface area contributed by atoms with Gasteiger partial charge in [-0.1, -0.05) is 0 Å². The monoisotopic (exact) mass is 424 g/mol. The van der Waals surface area contributed by atoms with E-state index in [1.54, 1.807) is 13.8 Å². The lowest BCUT2D eigenvalue weighted by molar-refractivity contribution is -0.106. The molecule has 5 N–H and O–H groups in total. The highest BCUT2D eigenvalue weighted by molar-refractivity contribution is 7.87. The maximum atomic E-state index is 14.2. The zero-order valence-electron chi connectivity index (χ0n) is 16.0. The van der Waals surface area contributed by atoms with Crippen LogP contribution in [0, 0.1) is 5.82 Å². The maximum Gasteiger partial charge on any atom is 0.204 e. The van der Waals surface area contributed by atoms with Crippen molar-refractivity contribution in [2.75, 3.05) is 0 Å². The molecule has 28 heavy (non-hydrogen) atoms. The summed E-state index contributed by atoms with van der Waals surface area (Å²) in [5, 5.41) is 16.4. The van der Waals surface area contributed by atoms with Crippen molar-refractivity contribution in [2.24, 2.45) is 15.2 Å². The average molecular weight is 425 g/mol. The molecule has 1 atom stereocenters. The first kappa shape index (κ1) is 21.0. The topological polar surface area (TPSA) is 115 Å². The summed E-state index contributed by atoms with van der Waals surface area (Å²) in [7, 11) is -0.929. The molecule has 0 aliphatic heterocycles. The predicted molar refractivity (Wildman–Crippen MR) is 110 cm³/mol. The normalized spacial score (nSPS) is 16.3. The summed E-state index contributed by atoms with van der Waals surface area (Å²) in [5.74, 6) is -0.407. The second-order valence-electron chi connectivity index (χ2n) is 7.36. The second kappa shape index (κ2) is 8.36. The number of primary amides is 1. The minimum atomic E-state index is -1.21. The first-order valence-electron chi connectivity index (χ1n) is 9.17. The molecule has 1 unspecified atom stereocenters. The van der Waals surface area contributed by atoms with Gasteiger partial charge < -0.3 is 10.8 Å². The summed E-state index contributed by atoms with van der Waals surface area (Å²) in [4.78, 5) is 13.7. The fraction of sp³-hybridized carbons (Fsp3) is 0.474. The molecule has 0 aromatic carbocycles. The highest BCUT2D eigenvalue weighted by Gasteiger charge is 2.27. The van der Waals surface area contributed by atoms with Gasteiger partial charge in [-0.25, -0.2) is 8.75 Å². The van der Waals surface area contributed by atoms with Gasteiger partial charge in [0.15, 0.2) is 0 Å². The number of carbonyl (C=O) groups excluding carboxylic acids is 1. The second-order valence-corrected chi connectivity index (χ2v) is 9.92. The summed E-state index contributed by atoms with van der Waals surface area (Å²) in [6, 6.07) is 1.42. The third-order valence-electron chi connectivity index (χ3n) is 4.83. The van der Waals surface area contributed by atoms with E-state index in [1.165, 1.54) is 39.9 Å². The van der Waals surface area contributed by atoms with Gasteiger partial charge in [0.05, 0.1) is 20.4 Å². The van der Waals surface area contributed by atoms with Crippen LogP contribution in [0.5, 0.6) is 0 Å². The average Bonchev–Trinajstić information content (AvgIpc) is 3.33. The molecule has 4 rings (SSSR count). The van der Waals surface area contributed by atoms with E-state index in [2.05, 4.69) is 5.73 Å². The number of aliphatic hydroxyl groups is 1. The SMILES string of the molecule is CC(C)(O)c1sc(S(N)=Nc2c3c(nc4c2CCC4)CCC3)cc1F.NC=O. The van der Waals surface area contributed by atoms with Gasteiger partial charge in [0.25, 0.3) is 0 Å². The third kappa shape index (κ3) is 4.17. The number of halogens is 1. The Kier molecular flexibility index (Phi) is 6.28. The van der Waals surface area contributed by atoms with Crippen LogP contribution in [0.2, 0.25) is 0 Å². The summed E-state index contributed by atoms with van der Waals surface area (Å²) in [5.41, 5.74) is 8.79. The van der Waals surface area contributed by atoms with Crippen molar-refractivity contribution in [3.05, 3.63) is 39.3 Å². The Bertz CT molecular complexity index is 903.